The van der Waals surface area contributed by atoms with Crippen molar-refractivity contribution in [3.05, 3.63) is 52.3 Å². The molecule has 114 valence electrons. The molecule has 0 aliphatic carbocycles. The predicted molar refractivity (Wildman–Crippen MR) is 88.7 cm³/mol. The van der Waals surface area contributed by atoms with Gasteiger partial charge in [0.2, 0.25) is 0 Å². The quantitative estimate of drug-likeness (QED) is 0.880. The van der Waals surface area contributed by atoms with Crippen LogP contribution in [0.15, 0.2) is 30.3 Å². The van der Waals surface area contributed by atoms with Crippen molar-refractivity contribution < 1.29 is 0 Å². The van der Waals surface area contributed by atoms with E-state index in [1.807, 2.05) is 24.8 Å². The van der Waals surface area contributed by atoms with Crippen LogP contribution in [0.1, 0.15) is 36.8 Å². The third-order valence-electron chi connectivity index (χ3n) is 4.06. The van der Waals surface area contributed by atoms with Gasteiger partial charge in [0.25, 0.3) is 0 Å². The Hall–Kier alpha value is -1.32. The number of hydrogen-bond acceptors (Lipinski definition) is 2. The first-order chi connectivity index (χ1) is 10.1. The Kier molecular flexibility index (Phi) is 5.43. The summed E-state index contributed by atoms with van der Waals surface area (Å²) < 4.78 is 1.93. The zero-order chi connectivity index (χ0) is 15.4. The Labute approximate surface area is 132 Å². The molecule has 1 aromatic carbocycles. The molecule has 0 saturated carbocycles. The first kappa shape index (κ1) is 16.1. The third kappa shape index (κ3) is 3.47. The summed E-state index contributed by atoms with van der Waals surface area (Å²) in [7, 11) is 3.99. The molecular weight excluding hydrogens is 282 g/mol. The summed E-state index contributed by atoms with van der Waals surface area (Å²) in [5.41, 5.74) is 3.42. The molecule has 0 saturated heterocycles. The highest BCUT2D eigenvalue weighted by molar-refractivity contribution is 6.31. The first-order valence-electron chi connectivity index (χ1n) is 7.50. The van der Waals surface area contributed by atoms with Crippen LogP contribution >= 0.6 is 11.6 Å². The number of hydrogen-bond donors (Lipinski definition) is 1. The van der Waals surface area contributed by atoms with Crippen molar-refractivity contribution in [3.8, 4) is 0 Å². The monoisotopic (exact) mass is 305 g/mol. The molecule has 1 aromatic heterocycles. The molecule has 0 radical (unpaired) electrons. The fourth-order valence-corrected chi connectivity index (χ4v) is 3.28. The maximum Gasteiger partial charge on any atom is 0.0849 e. The van der Waals surface area contributed by atoms with Crippen molar-refractivity contribution >= 4 is 11.6 Å². The van der Waals surface area contributed by atoms with E-state index in [0.29, 0.717) is 12.0 Å². The Morgan fingerprint density at radius 3 is 2.48 bits per heavy atom. The summed E-state index contributed by atoms with van der Waals surface area (Å²) in [6.07, 6.45) is 1.78. The summed E-state index contributed by atoms with van der Waals surface area (Å²) in [5, 5.41) is 8.76. The lowest BCUT2D eigenvalue weighted by molar-refractivity contribution is 0.400. The van der Waals surface area contributed by atoms with Crippen LogP contribution in [0, 0.1) is 5.92 Å². The summed E-state index contributed by atoms with van der Waals surface area (Å²) >= 11 is 6.46. The highest BCUT2D eigenvalue weighted by Crippen LogP contribution is 2.29. The van der Waals surface area contributed by atoms with Crippen LogP contribution in [0.5, 0.6) is 0 Å². The lowest BCUT2D eigenvalue weighted by Crippen LogP contribution is -2.25. The van der Waals surface area contributed by atoms with Gasteiger partial charge in [-0.05, 0) is 31.4 Å². The zero-order valence-corrected chi connectivity index (χ0v) is 14.0. The maximum atomic E-state index is 6.46. The van der Waals surface area contributed by atoms with Crippen LogP contribution in [0.25, 0.3) is 0 Å². The van der Waals surface area contributed by atoms with Crippen molar-refractivity contribution in [2.45, 2.75) is 32.7 Å². The number of rotatable bonds is 6. The molecular formula is C17H24ClN3. The molecule has 1 heterocycles. The second-order valence-electron chi connectivity index (χ2n) is 5.54. The minimum Gasteiger partial charge on any atom is -0.313 e. The lowest BCUT2D eigenvalue weighted by Gasteiger charge is -2.24. The van der Waals surface area contributed by atoms with Crippen LogP contribution in [0.3, 0.4) is 0 Å². The molecule has 21 heavy (non-hydrogen) atoms. The van der Waals surface area contributed by atoms with Crippen molar-refractivity contribution in [1.29, 1.82) is 0 Å². The van der Waals surface area contributed by atoms with Gasteiger partial charge in [0.1, 0.15) is 0 Å². The first-order valence-corrected chi connectivity index (χ1v) is 7.88. The van der Waals surface area contributed by atoms with Crippen LogP contribution in [0.4, 0.5) is 0 Å². The van der Waals surface area contributed by atoms with Crippen LogP contribution in [-0.4, -0.2) is 16.8 Å². The molecule has 4 heteroatoms. The van der Waals surface area contributed by atoms with Gasteiger partial charge in [0.05, 0.1) is 16.4 Å². The van der Waals surface area contributed by atoms with E-state index in [0.717, 1.165) is 29.3 Å². The van der Waals surface area contributed by atoms with E-state index in [4.69, 9.17) is 11.6 Å². The van der Waals surface area contributed by atoms with E-state index in [2.05, 4.69) is 48.5 Å². The van der Waals surface area contributed by atoms with Gasteiger partial charge in [0, 0.05) is 13.1 Å². The Morgan fingerprint density at radius 1 is 1.29 bits per heavy atom. The average Bonchev–Trinajstić information content (AvgIpc) is 2.76. The van der Waals surface area contributed by atoms with Crippen LogP contribution < -0.4 is 5.32 Å². The van der Waals surface area contributed by atoms with Gasteiger partial charge < -0.3 is 5.32 Å². The summed E-state index contributed by atoms with van der Waals surface area (Å²) in [6.45, 7) is 4.34. The van der Waals surface area contributed by atoms with E-state index >= 15 is 0 Å². The Bertz CT molecular complexity index is 577. The molecule has 0 amide bonds. The predicted octanol–water partition coefficient (Wildman–Crippen LogP) is 3.78. The molecule has 0 bridgehead atoms. The van der Waals surface area contributed by atoms with Gasteiger partial charge in [0.15, 0.2) is 0 Å². The summed E-state index contributed by atoms with van der Waals surface area (Å²) in [4.78, 5) is 0. The molecule has 0 fully saturated rings. The second kappa shape index (κ2) is 7.10. The normalized spacial score (nSPS) is 14.1. The summed E-state index contributed by atoms with van der Waals surface area (Å²) in [5.74, 6) is 0.426. The van der Waals surface area contributed by atoms with Gasteiger partial charge >= 0.3 is 0 Å². The molecule has 2 unspecified atom stereocenters. The maximum absolute atomic E-state index is 6.46. The molecule has 0 spiro atoms. The largest absolute Gasteiger partial charge is 0.313 e. The standard InChI is InChI=1S/C17H24ClN3/c1-5-14-16(18)15(21(4)20-14)11-12(2)17(19-3)13-9-7-6-8-10-13/h6-10,12,17,19H,5,11H2,1-4H3. The number of aryl methyl sites for hydroxylation is 2. The van der Waals surface area contributed by atoms with Crippen molar-refractivity contribution in [2.24, 2.45) is 13.0 Å². The van der Waals surface area contributed by atoms with E-state index in [1.54, 1.807) is 0 Å². The topological polar surface area (TPSA) is 29.9 Å². The molecule has 2 aromatic rings. The van der Waals surface area contributed by atoms with Crippen molar-refractivity contribution in [3.63, 3.8) is 0 Å². The SMILES string of the molecule is CCc1nn(C)c(CC(C)C(NC)c2ccccc2)c1Cl. The van der Waals surface area contributed by atoms with E-state index in [1.165, 1.54) is 5.56 Å². The minimum absolute atomic E-state index is 0.308. The number of halogens is 1. The fourth-order valence-electron chi connectivity index (χ4n) is 2.90. The fraction of sp³-hybridized carbons (Fsp3) is 0.471. The van der Waals surface area contributed by atoms with E-state index < -0.39 is 0 Å². The molecule has 2 atom stereocenters. The highest BCUT2D eigenvalue weighted by atomic mass is 35.5. The second-order valence-corrected chi connectivity index (χ2v) is 5.92. The third-order valence-corrected chi connectivity index (χ3v) is 4.49. The number of aromatic nitrogens is 2. The molecule has 2 rings (SSSR count). The molecule has 1 N–H and O–H groups in total. The minimum atomic E-state index is 0.308. The average molecular weight is 306 g/mol. The van der Waals surface area contributed by atoms with Crippen LogP contribution in [0.2, 0.25) is 5.02 Å². The highest BCUT2D eigenvalue weighted by Gasteiger charge is 2.22. The number of nitrogens with one attached hydrogen (secondary N) is 1. The van der Waals surface area contributed by atoms with E-state index in [-0.39, 0.29) is 0 Å². The number of nitrogens with zero attached hydrogens (tertiary/aromatic N) is 2. The van der Waals surface area contributed by atoms with Gasteiger partial charge in [-0.1, -0.05) is 55.8 Å². The lowest BCUT2D eigenvalue weighted by atomic mass is 9.91. The molecule has 3 nitrogen and oxygen atoms in total. The Morgan fingerprint density at radius 2 is 1.95 bits per heavy atom. The van der Waals surface area contributed by atoms with Gasteiger partial charge in [-0.25, -0.2) is 0 Å². The van der Waals surface area contributed by atoms with E-state index in [9.17, 15) is 0 Å². The Balaban J connectivity index is 2.20. The van der Waals surface area contributed by atoms with Gasteiger partial charge in [-0.15, -0.1) is 0 Å². The molecule has 0 aliphatic heterocycles. The van der Waals surface area contributed by atoms with Crippen LogP contribution in [-0.2, 0) is 19.9 Å². The van der Waals surface area contributed by atoms with Gasteiger partial charge in [-0.3, -0.25) is 4.68 Å². The summed E-state index contributed by atoms with van der Waals surface area (Å²) in [6, 6.07) is 10.9. The zero-order valence-electron chi connectivity index (χ0n) is 13.2. The smallest absolute Gasteiger partial charge is 0.0849 e. The van der Waals surface area contributed by atoms with Crippen molar-refractivity contribution in [2.75, 3.05) is 7.05 Å². The molecule has 0 aliphatic rings. The van der Waals surface area contributed by atoms with Gasteiger partial charge in [-0.2, -0.15) is 5.10 Å². The van der Waals surface area contributed by atoms with Crippen molar-refractivity contribution in [1.82, 2.24) is 15.1 Å². The number of benzene rings is 1.